The number of halogens is 1. The molecule has 0 aliphatic rings. The second kappa shape index (κ2) is 12.5. The smallest absolute Gasteiger partial charge is 0.305 e. The van der Waals surface area contributed by atoms with Gasteiger partial charge in [-0.15, -0.1) is 0 Å². The molecule has 0 fully saturated rings. The number of carbonyl (C=O) groups excluding carboxylic acids is 2. The summed E-state index contributed by atoms with van der Waals surface area (Å²) in [6.45, 7) is 0. The van der Waals surface area contributed by atoms with Crippen LogP contribution in [0.1, 0.15) is 44.1 Å². The van der Waals surface area contributed by atoms with Crippen molar-refractivity contribution in [1.29, 1.82) is 0 Å². The summed E-state index contributed by atoms with van der Waals surface area (Å²) in [5.41, 5.74) is 3.55. The van der Waals surface area contributed by atoms with Gasteiger partial charge in [0.25, 0.3) is 0 Å². The second-order valence-electron chi connectivity index (χ2n) is 5.22. The van der Waals surface area contributed by atoms with Gasteiger partial charge in [0.2, 0.25) is 5.91 Å². The number of hydrogen-bond acceptors (Lipinski definition) is 4. The molecule has 0 heterocycles. The predicted octanol–water partition coefficient (Wildman–Crippen LogP) is 4.04. The SMILES string of the molecule is COC(=O)CCCCCCC(=O)N/N=C/C(Br)=C/c1ccccc1. The van der Waals surface area contributed by atoms with E-state index < -0.39 is 0 Å². The van der Waals surface area contributed by atoms with Crippen LogP contribution >= 0.6 is 15.9 Å². The Bertz CT molecular complexity index is 571. The standard InChI is InChI=1S/C18H23BrN2O3/c1-24-18(23)12-8-3-2-7-11-17(22)21-20-14-16(19)13-15-9-5-4-6-10-15/h4-6,9-10,13-14H,2-3,7-8,11-12H2,1H3,(H,21,22)/b16-13-,20-14+. The van der Waals surface area contributed by atoms with Gasteiger partial charge in [0.15, 0.2) is 0 Å². The zero-order chi connectivity index (χ0) is 17.6. The van der Waals surface area contributed by atoms with Gasteiger partial charge in [-0.1, -0.05) is 43.2 Å². The number of hydrazone groups is 1. The van der Waals surface area contributed by atoms with Crippen molar-refractivity contribution in [3.8, 4) is 0 Å². The molecule has 1 N–H and O–H groups in total. The van der Waals surface area contributed by atoms with Crippen LogP contribution in [-0.4, -0.2) is 25.2 Å². The summed E-state index contributed by atoms with van der Waals surface area (Å²) < 4.78 is 5.34. The normalized spacial score (nSPS) is 11.5. The molecule has 5 nitrogen and oxygen atoms in total. The first-order valence-electron chi connectivity index (χ1n) is 7.93. The van der Waals surface area contributed by atoms with E-state index in [4.69, 9.17) is 0 Å². The fourth-order valence-electron chi connectivity index (χ4n) is 1.98. The van der Waals surface area contributed by atoms with Crippen molar-refractivity contribution in [3.63, 3.8) is 0 Å². The van der Waals surface area contributed by atoms with Gasteiger partial charge in [-0.3, -0.25) is 9.59 Å². The van der Waals surface area contributed by atoms with Crippen molar-refractivity contribution in [2.45, 2.75) is 38.5 Å². The van der Waals surface area contributed by atoms with Gasteiger partial charge in [0, 0.05) is 17.3 Å². The fourth-order valence-corrected chi connectivity index (χ4v) is 2.34. The Morgan fingerprint density at radius 3 is 2.46 bits per heavy atom. The Morgan fingerprint density at radius 2 is 1.79 bits per heavy atom. The minimum Gasteiger partial charge on any atom is -0.469 e. The summed E-state index contributed by atoms with van der Waals surface area (Å²) in [5.74, 6) is -0.296. The van der Waals surface area contributed by atoms with E-state index >= 15 is 0 Å². The van der Waals surface area contributed by atoms with Crippen LogP contribution in [0.25, 0.3) is 6.08 Å². The second-order valence-corrected chi connectivity index (χ2v) is 6.14. The number of hydrogen-bond donors (Lipinski definition) is 1. The maximum Gasteiger partial charge on any atom is 0.305 e. The molecular weight excluding hydrogens is 372 g/mol. The molecule has 0 atom stereocenters. The lowest BCUT2D eigenvalue weighted by Crippen LogP contribution is -2.16. The van der Waals surface area contributed by atoms with E-state index in [9.17, 15) is 9.59 Å². The molecule has 24 heavy (non-hydrogen) atoms. The van der Waals surface area contributed by atoms with Gasteiger partial charge in [-0.25, -0.2) is 5.43 Å². The predicted molar refractivity (Wildman–Crippen MR) is 99.7 cm³/mol. The molecule has 0 saturated carbocycles. The zero-order valence-corrected chi connectivity index (χ0v) is 15.4. The van der Waals surface area contributed by atoms with Gasteiger partial charge >= 0.3 is 5.97 Å². The molecule has 0 unspecified atom stereocenters. The summed E-state index contributed by atoms with van der Waals surface area (Å²) in [6.07, 6.45) is 7.73. The average Bonchev–Trinajstić information content (AvgIpc) is 2.58. The number of unbranched alkanes of at least 4 members (excludes halogenated alkanes) is 3. The van der Waals surface area contributed by atoms with Crippen LogP contribution in [0.3, 0.4) is 0 Å². The van der Waals surface area contributed by atoms with Crippen LogP contribution in [0.2, 0.25) is 0 Å². The summed E-state index contributed by atoms with van der Waals surface area (Å²) in [4.78, 5) is 22.6. The van der Waals surface area contributed by atoms with Crippen molar-refractivity contribution in [2.75, 3.05) is 7.11 Å². The van der Waals surface area contributed by atoms with E-state index in [2.05, 4.69) is 31.2 Å². The molecule has 0 bridgehead atoms. The quantitative estimate of drug-likeness (QED) is 0.281. The summed E-state index contributed by atoms with van der Waals surface area (Å²) in [5, 5.41) is 3.92. The van der Waals surface area contributed by atoms with Crippen LogP contribution in [-0.2, 0) is 14.3 Å². The van der Waals surface area contributed by atoms with Gasteiger partial charge in [-0.05, 0) is 40.4 Å². The Hall–Kier alpha value is -1.95. The molecule has 1 rings (SSSR count). The lowest BCUT2D eigenvalue weighted by molar-refractivity contribution is -0.140. The number of ether oxygens (including phenoxy) is 1. The minimum absolute atomic E-state index is 0.112. The lowest BCUT2D eigenvalue weighted by atomic mass is 10.1. The van der Waals surface area contributed by atoms with E-state index in [0.717, 1.165) is 35.7 Å². The minimum atomic E-state index is -0.184. The van der Waals surface area contributed by atoms with E-state index in [1.165, 1.54) is 7.11 Å². The maximum atomic E-state index is 11.6. The summed E-state index contributed by atoms with van der Waals surface area (Å²) in [6, 6.07) is 9.82. The first kappa shape index (κ1) is 20.1. The molecule has 130 valence electrons. The molecule has 0 saturated heterocycles. The summed E-state index contributed by atoms with van der Waals surface area (Å²) >= 11 is 3.39. The highest BCUT2D eigenvalue weighted by atomic mass is 79.9. The molecule has 0 aliphatic heterocycles. The molecular formula is C18H23BrN2O3. The van der Waals surface area contributed by atoms with Crippen molar-refractivity contribution in [2.24, 2.45) is 5.10 Å². The Balaban J connectivity index is 2.15. The number of amides is 1. The number of nitrogens with zero attached hydrogens (tertiary/aromatic N) is 1. The van der Waals surface area contributed by atoms with Gasteiger partial charge in [-0.2, -0.15) is 5.10 Å². The molecule has 6 heteroatoms. The third-order valence-electron chi connectivity index (χ3n) is 3.24. The van der Waals surface area contributed by atoms with E-state index in [1.807, 2.05) is 36.4 Å². The van der Waals surface area contributed by atoms with Crippen LogP contribution in [0.15, 0.2) is 39.9 Å². The van der Waals surface area contributed by atoms with Crippen LogP contribution in [0.4, 0.5) is 0 Å². The van der Waals surface area contributed by atoms with Crippen molar-refractivity contribution in [1.82, 2.24) is 5.43 Å². The largest absolute Gasteiger partial charge is 0.469 e. The first-order chi connectivity index (χ1) is 11.6. The van der Waals surface area contributed by atoms with Crippen LogP contribution < -0.4 is 5.43 Å². The average molecular weight is 395 g/mol. The van der Waals surface area contributed by atoms with E-state index in [0.29, 0.717) is 12.8 Å². The van der Waals surface area contributed by atoms with Crippen LogP contribution in [0.5, 0.6) is 0 Å². The van der Waals surface area contributed by atoms with E-state index in [1.54, 1.807) is 6.21 Å². The zero-order valence-electron chi connectivity index (χ0n) is 13.8. The molecule has 0 aliphatic carbocycles. The lowest BCUT2D eigenvalue weighted by Gasteiger charge is -2.01. The highest BCUT2D eigenvalue weighted by Crippen LogP contribution is 2.10. The number of benzene rings is 1. The molecule has 1 aromatic rings. The van der Waals surface area contributed by atoms with Gasteiger partial charge in [0.1, 0.15) is 0 Å². The topological polar surface area (TPSA) is 67.8 Å². The Kier molecular flexibility index (Phi) is 10.4. The number of methoxy groups -OCH3 is 1. The molecule has 0 radical (unpaired) electrons. The highest BCUT2D eigenvalue weighted by Gasteiger charge is 2.01. The van der Waals surface area contributed by atoms with Crippen molar-refractivity contribution in [3.05, 3.63) is 40.4 Å². The Labute approximate surface area is 151 Å². The molecule has 0 spiro atoms. The van der Waals surface area contributed by atoms with Gasteiger partial charge in [0.05, 0.1) is 13.3 Å². The third kappa shape index (κ3) is 9.94. The fraction of sp³-hybridized carbons (Fsp3) is 0.389. The summed E-state index contributed by atoms with van der Waals surface area (Å²) in [7, 11) is 1.39. The Morgan fingerprint density at radius 1 is 1.12 bits per heavy atom. The van der Waals surface area contributed by atoms with Crippen molar-refractivity contribution >= 4 is 40.1 Å². The third-order valence-corrected chi connectivity index (χ3v) is 3.68. The number of allylic oxidation sites excluding steroid dienone is 1. The monoisotopic (exact) mass is 394 g/mol. The van der Waals surface area contributed by atoms with E-state index in [-0.39, 0.29) is 11.9 Å². The molecule has 1 amide bonds. The number of rotatable bonds is 10. The first-order valence-corrected chi connectivity index (χ1v) is 8.72. The molecule has 0 aromatic heterocycles. The number of carbonyl (C=O) groups is 2. The van der Waals surface area contributed by atoms with Crippen molar-refractivity contribution < 1.29 is 14.3 Å². The number of nitrogens with one attached hydrogen (secondary N) is 1. The maximum absolute atomic E-state index is 11.6. The van der Waals surface area contributed by atoms with Crippen LogP contribution in [0, 0.1) is 0 Å². The number of esters is 1. The highest BCUT2D eigenvalue weighted by molar-refractivity contribution is 9.12. The molecule has 1 aromatic carbocycles. The van der Waals surface area contributed by atoms with Gasteiger partial charge < -0.3 is 4.74 Å².